The monoisotopic (exact) mass is 385 g/mol. The lowest BCUT2D eigenvalue weighted by molar-refractivity contribution is -0.140. The summed E-state index contributed by atoms with van der Waals surface area (Å²) in [5.41, 5.74) is 5.60. The molecule has 26 heavy (non-hydrogen) atoms. The van der Waals surface area contributed by atoms with Crippen LogP contribution in [0, 0.1) is 5.92 Å². The van der Waals surface area contributed by atoms with E-state index >= 15 is 0 Å². The van der Waals surface area contributed by atoms with Gasteiger partial charge in [0, 0.05) is 39.2 Å². The number of ether oxygens (including phenoxy) is 1. The van der Waals surface area contributed by atoms with Crippen LogP contribution in [0.1, 0.15) is 42.0 Å². The zero-order chi connectivity index (χ0) is 17.8. The highest BCUT2D eigenvalue weighted by Crippen LogP contribution is 2.32. The summed E-state index contributed by atoms with van der Waals surface area (Å²) in [6.45, 7) is 3.00. The number of nitrogens with zero attached hydrogens (tertiary/aromatic N) is 2. The standard InChI is InChI=1S/C18H27N3O4.ClH/c1-24-12-14-4-5-16(25-14)18(23)20-10-7-15-13(11-20)3-6-17(22)21(15)9-2-8-19;/h4-5,13,15H,2-3,6-12,19H2,1H3;1H/t13-,15+;/m0./s1. The van der Waals surface area contributed by atoms with Crippen molar-refractivity contribution < 1.29 is 18.7 Å². The van der Waals surface area contributed by atoms with E-state index in [0.29, 0.717) is 50.1 Å². The van der Waals surface area contributed by atoms with Gasteiger partial charge in [-0.15, -0.1) is 12.4 Å². The number of carbonyl (C=O) groups is 2. The maximum atomic E-state index is 12.7. The molecule has 1 aromatic heterocycles. The van der Waals surface area contributed by atoms with E-state index in [0.717, 1.165) is 25.8 Å². The largest absolute Gasteiger partial charge is 0.453 e. The van der Waals surface area contributed by atoms with Gasteiger partial charge >= 0.3 is 0 Å². The van der Waals surface area contributed by atoms with E-state index in [1.807, 2.05) is 9.80 Å². The van der Waals surface area contributed by atoms with Crippen molar-refractivity contribution in [2.45, 2.75) is 38.3 Å². The molecular weight excluding hydrogens is 358 g/mol. The van der Waals surface area contributed by atoms with Crippen LogP contribution in [-0.4, -0.2) is 60.9 Å². The fourth-order valence-corrected chi connectivity index (χ4v) is 3.96. The van der Waals surface area contributed by atoms with E-state index in [-0.39, 0.29) is 30.3 Å². The summed E-state index contributed by atoms with van der Waals surface area (Å²) >= 11 is 0. The van der Waals surface area contributed by atoms with Gasteiger partial charge in [0.25, 0.3) is 5.91 Å². The molecular formula is C18H28ClN3O4. The van der Waals surface area contributed by atoms with E-state index in [4.69, 9.17) is 14.9 Å². The molecule has 2 aliphatic rings. The molecule has 0 bridgehead atoms. The van der Waals surface area contributed by atoms with E-state index in [1.165, 1.54) is 0 Å². The number of piperidine rings is 2. The quantitative estimate of drug-likeness (QED) is 0.804. The molecule has 2 fully saturated rings. The third-order valence-electron chi connectivity index (χ3n) is 5.19. The highest BCUT2D eigenvalue weighted by molar-refractivity contribution is 5.91. The van der Waals surface area contributed by atoms with Crippen molar-refractivity contribution in [3.05, 3.63) is 23.7 Å². The van der Waals surface area contributed by atoms with Crippen LogP contribution in [-0.2, 0) is 16.1 Å². The Hall–Kier alpha value is -1.57. The third kappa shape index (κ3) is 4.39. The Balaban J connectivity index is 0.00000243. The maximum absolute atomic E-state index is 12.7. The summed E-state index contributed by atoms with van der Waals surface area (Å²) < 4.78 is 10.6. The topological polar surface area (TPSA) is 89.0 Å². The molecule has 2 saturated heterocycles. The predicted molar refractivity (Wildman–Crippen MR) is 99.1 cm³/mol. The zero-order valence-corrected chi connectivity index (χ0v) is 16.0. The van der Waals surface area contributed by atoms with Crippen LogP contribution in [0.15, 0.2) is 16.5 Å². The molecule has 2 atom stereocenters. The first-order valence-corrected chi connectivity index (χ1v) is 9.00. The minimum atomic E-state index is -0.0776. The Morgan fingerprint density at radius 1 is 1.38 bits per heavy atom. The molecule has 2 N–H and O–H groups in total. The number of nitrogens with two attached hydrogens (primary N) is 1. The molecule has 0 unspecified atom stereocenters. The molecule has 0 radical (unpaired) electrons. The van der Waals surface area contributed by atoms with Crippen molar-refractivity contribution in [1.29, 1.82) is 0 Å². The highest BCUT2D eigenvalue weighted by Gasteiger charge is 2.40. The van der Waals surface area contributed by atoms with Gasteiger partial charge < -0.3 is 24.7 Å². The van der Waals surface area contributed by atoms with Gasteiger partial charge in [0.15, 0.2) is 5.76 Å². The van der Waals surface area contributed by atoms with Crippen molar-refractivity contribution in [2.75, 3.05) is 33.3 Å². The number of likely N-dealkylation sites (tertiary alicyclic amines) is 2. The smallest absolute Gasteiger partial charge is 0.289 e. The number of amides is 2. The fraction of sp³-hybridized carbons (Fsp3) is 0.667. The molecule has 1 aromatic rings. The van der Waals surface area contributed by atoms with Crippen LogP contribution < -0.4 is 5.73 Å². The molecule has 2 aliphatic heterocycles. The Labute approximate surface area is 160 Å². The summed E-state index contributed by atoms with van der Waals surface area (Å²) in [4.78, 5) is 28.8. The van der Waals surface area contributed by atoms with E-state index in [9.17, 15) is 9.59 Å². The Kier molecular flexibility index (Phi) is 7.49. The number of furan rings is 1. The van der Waals surface area contributed by atoms with E-state index < -0.39 is 0 Å². The molecule has 3 rings (SSSR count). The van der Waals surface area contributed by atoms with E-state index in [1.54, 1.807) is 19.2 Å². The Morgan fingerprint density at radius 3 is 2.92 bits per heavy atom. The summed E-state index contributed by atoms with van der Waals surface area (Å²) in [7, 11) is 1.59. The predicted octanol–water partition coefficient (Wildman–Crippen LogP) is 1.65. The van der Waals surface area contributed by atoms with Gasteiger partial charge in [0.05, 0.1) is 0 Å². The van der Waals surface area contributed by atoms with Gasteiger partial charge in [-0.25, -0.2) is 0 Å². The maximum Gasteiger partial charge on any atom is 0.289 e. The second-order valence-corrected chi connectivity index (χ2v) is 6.83. The van der Waals surface area contributed by atoms with Gasteiger partial charge in [-0.05, 0) is 43.9 Å². The third-order valence-corrected chi connectivity index (χ3v) is 5.19. The van der Waals surface area contributed by atoms with E-state index in [2.05, 4.69) is 0 Å². The SMILES string of the molecule is COCc1ccc(C(=O)N2CC[C@@H]3[C@@H](CCC(=O)N3CCCN)C2)o1.Cl. The van der Waals surface area contributed by atoms with Crippen molar-refractivity contribution in [3.63, 3.8) is 0 Å². The summed E-state index contributed by atoms with van der Waals surface area (Å²) in [5, 5.41) is 0. The first-order chi connectivity index (χ1) is 12.1. The van der Waals surface area contributed by atoms with Crippen LogP contribution in [0.5, 0.6) is 0 Å². The summed E-state index contributed by atoms with van der Waals surface area (Å²) in [6.07, 6.45) is 3.05. The van der Waals surface area contributed by atoms with Crippen LogP contribution in [0.25, 0.3) is 0 Å². The van der Waals surface area contributed by atoms with Crippen molar-refractivity contribution in [2.24, 2.45) is 11.7 Å². The number of carbonyl (C=O) groups excluding carboxylic acids is 2. The highest BCUT2D eigenvalue weighted by atomic mass is 35.5. The second kappa shape index (κ2) is 9.39. The lowest BCUT2D eigenvalue weighted by Gasteiger charge is -2.47. The van der Waals surface area contributed by atoms with Crippen molar-refractivity contribution in [3.8, 4) is 0 Å². The van der Waals surface area contributed by atoms with Crippen LogP contribution >= 0.6 is 12.4 Å². The first kappa shape index (κ1) is 20.7. The molecule has 8 heteroatoms. The molecule has 7 nitrogen and oxygen atoms in total. The average Bonchev–Trinajstić information content (AvgIpc) is 3.09. The van der Waals surface area contributed by atoms with Crippen LogP contribution in [0.2, 0.25) is 0 Å². The Morgan fingerprint density at radius 2 is 2.19 bits per heavy atom. The molecule has 0 spiro atoms. The lowest BCUT2D eigenvalue weighted by atomic mass is 9.83. The number of rotatable bonds is 6. The summed E-state index contributed by atoms with van der Waals surface area (Å²) in [6, 6.07) is 3.72. The number of hydrogen-bond donors (Lipinski definition) is 1. The Bertz CT molecular complexity index is 621. The zero-order valence-electron chi connectivity index (χ0n) is 15.2. The molecule has 2 amide bonds. The van der Waals surface area contributed by atoms with Gasteiger partial charge in [-0.1, -0.05) is 0 Å². The molecule has 0 aliphatic carbocycles. The number of methoxy groups -OCH3 is 1. The average molecular weight is 386 g/mol. The number of fused-ring (bicyclic) bond motifs is 1. The minimum absolute atomic E-state index is 0. The van der Waals surface area contributed by atoms with Gasteiger partial charge in [0.1, 0.15) is 12.4 Å². The second-order valence-electron chi connectivity index (χ2n) is 6.83. The molecule has 3 heterocycles. The number of halogens is 1. The van der Waals surface area contributed by atoms with Crippen LogP contribution in [0.4, 0.5) is 0 Å². The summed E-state index contributed by atoms with van der Waals surface area (Å²) in [5.74, 6) is 1.49. The minimum Gasteiger partial charge on any atom is -0.453 e. The molecule has 146 valence electrons. The molecule has 0 aromatic carbocycles. The normalized spacial score (nSPS) is 22.8. The van der Waals surface area contributed by atoms with Crippen molar-refractivity contribution >= 4 is 24.2 Å². The number of hydrogen-bond acceptors (Lipinski definition) is 5. The molecule has 0 saturated carbocycles. The lowest BCUT2D eigenvalue weighted by Crippen LogP contribution is -2.57. The van der Waals surface area contributed by atoms with Gasteiger partial charge in [0.2, 0.25) is 5.91 Å². The fourth-order valence-electron chi connectivity index (χ4n) is 3.96. The van der Waals surface area contributed by atoms with Gasteiger partial charge in [-0.2, -0.15) is 0 Å². The van der Waals surface area contributed by atoms with Gasteiger partial charge in [-0.3, -0.25) is 9.59 Å². The van der Waals surface area contributed by atoms with Crippen molar-refractivity contribution in [1.82, 2.24) is 9.80 Å². The van der Waals surface area contributed by atoms with Crippen LogP contribution in [0.3, 0.4) is 0 Å². The first-order valence-electron chi connectivity index (χ1n) is 9.00.